The van der Waals surface area contributed by atoms with Gasteiger partial charge in [-0.05, 0) is 25.7 Å². The average molecular weight is 325 g/mol. The first-order chi connectivity index (χ1) is 10.0. The van der Waals surface area contributed by atoms with Gasteiger partial charge in [-0.1, -0.05) is 33.6 Å². The van der Waals surface area contributed by atoms with Gasteiger partial charge in [0.15, 0.2) is 0 Å². The number of nitrogens with one attached hydrogen (secondary N) is 1. The zero-order valence-electron chi connectivity index (χ0n) is 13.6. The lowest BCUT2D eigenvalue weighted by molar-refractivity contribution is 0.558. The zero-order chi connectivity index (χ0) is 14.9. The first-order valence-corrected chi connectivity index (χ1v) is 10.2. The molecule has 0 aromatic carbocycles. The van der Waals surface area contributed by atoms with Gasteiger partial charge in [0.05, 0.1) is 5.69 Å². The first kappa shape index (κ1) is 15.8. The molecular formula is C17H28N2S2. The van der Waals surface area contributed by atoms with Gasteiger partial charge in [0.1, 0.15) is 5.01 Å². The van der Waals surface area contributed by atoms with E-state index < -0.39 is 0 Å². The number of hydrogen-bond acceptors (Lipinski definition) is 4. The summed E-state index contributed by atoms with van der Waals surface area (Å²) in [7, 11) is 0. The van der Waals surface area contributed by atoms with E-state index in [-0.39, 0.29) is 5.41 Å². The maximum absolute atomic E-state index is 5.00. The number of rotatable bonds is 6. The Kier molecular flexibility index (Phi) is 4.97. The zero-order valence-corrected chi connectivity index (χ0v) is 15.2. The van der Waals surface area contributed by atoms with Crippen molar-refractivity contribution in [1.29, 1.82) is 0 Å². The molecule has 1 aromatic rings. The van der Waals surface area contributed by atoms with Gasteiger partial charge in [-0.15, -0.1) is 11.3 Å². The Morgan fingerprint density at radius 2 is 1.90 bits per heavy atom. The monoisotopic (exact) mass is 324 g/mol. The Morgan fingerprint density at radius 3 is 2.52 bits per heavy atom. The maximum Gasteiger partial charge on any atom is 0.103 e. The van der Waals surface area contributed by atoms with E-state index in [4.69, 9.17) is 4.98 Å². The Bertz CT molecular complexity index is 466. The van der Waals surface area contributed by atoms with Crippen LogP contribution >= 0.6 is 23.1 Å². The fourth-order valence-corrected chi connectivity index (χ4v) is 5.51. The number of nitrogens with zero attached hydrogens (tertiary/aromatic N) is 1. The lowest BCUT2D eigenvalue weighted by Crippen LogP contribution is -2.19. The van der Waals surface area contributed by atoms with E-state index in [0.717, 1.165) is 23.6 Å². The van der Waals surface area contributed by atoms with Crippen LogP contribution in [-0.4, -0.2) is 16.3 Å². The Hall–Kier alpha value is -0.0600. The van der Waals surface area contributed by atoms with Gasteiger partial charge in [-0.3, -0.25) is 0 Å². The molecule has 1 aromatic heterocycles. The predicted molar refractivity (Wildman–Crippen MR) is 94.2 cm³/mol. The quantitative estimate of drug-likeness (QED) is 0.808. The van der Waals surface area contributed by atoms with E-state index in [2.05, 4.69) is 37.8 Å². The molecule has 21 heavy (non-hydrogen) atoms. The van der Waals surface area contributed by atoms with Crippen LogP contribution in [0, 0.1) is 0 Å². The van der Waals surface area contributed by atoms with Crippen molar-refractivity contribution in [3.63, 3.8) is 0 Å². The molecule has 3 rings (SSSR count). The highest BCUT2D eigenvalue weighted by Gasteiger charge is 2.26. The second-order valence-electron chi connectivity index (χ2n) is 7.50. The van der Waals surface area contributed by atoms with Gasteiger partial charge < -0.3 is 5.32 Å². The Labute approximate surface area is 137 Å². The van der Waals surface area contributed by atoms with Crippen LogP contribution in [-0.2, 0) is 17.7 Å². The fraction of sp³-hybridized carbons (Fsp3) is 0.824. The van der Waals surface area contributed by atoms with Crippen molar-refractivity contribution < 1.29 is 0 Å². The van der Waals surface area contributed by atoms with Crippen LogP contribution in [0.1, 0.15) is 74.9 Å². The second kappa shape index (κ2) is 6.59. The molecule has 2 saturated carbocycles. The Morgan fingerprint density at radius 1 is 1.19 bits per heavy atom. The SMILES string of the molecule is CC(C)(C)c1nc(CSC2CCCC2)sc1CNC1CC1. The van der Waals surface area contributed by atoms with Gasteiger partial charge >= 0.3 is 0 Å². The van der Waals surface area contributed by atoms with Gasteiger partial charge in [0.2, 0.25) is 0 Å². The van der Waals surface area contributed by atoms with Crippen molar-refractivity contribution in [3.05, 3.63) is 15.6 Å². The maximum atomic E-state index is 5.00. The number of aromatic nitrogens is 1. The number of thiazole rings is 1. The second-order valence-corrected chi connectivity index (χ2v) is 9.96. The smallest absolute Gasteiger partial charge is 0.103 e. The third-order valence-corrected chi connectivity index (χ3v) is 6.95. The van der Waals surface area contributed by atoms with Gasteiger partial charge in [-0.25, -0.2) is 4.98 Å². The lowest BCUT2D eigenvalue weighted by atomic mass is 9.91. The molecule has 0 bridgehead atoms. The molecule has 1 N–H and O–H groups in total. The number of thioether (sulfide) groups is 1. The molecule has 0 radical (unpaired) electrons. The van der Waals surface area contributed by atoms with Crippen molar-refractivity contribution in [2.75, 3.05) is 0 Å². The van der Waals surface area contributed by atoms with Crippen LogP contribution in [0.2, 0.25) is 0 Å². The minimum atomic E-state index is 0.160. The molecule has 0 unspecified atom stereocenters. The first-order valence-electron chi connectivity index (χ1n) is 8.36. The fourth-order valence-electron chi connectivity index (χ4n) is 2.94. The van der Waals surface area contributed by atoms with Gasteiger partial charge in [0.25, 0.3) is 0 Å². The van der Waals surface area contributed by atoms with Crippen molar-refractivity contribution in [2.45, 2.75) is 88.3 Å². The van der Waals surface area contributed by atoms with Crippen LogP contribution in [0.4, 0.5) is 0 Å². The standard InChI is InChI=1S/C17H28N2S2/c1-17(2,3)16-14(10-18-12-8-9-12)21-15(19-16)11-20-13-6-4-5-7-13/h12-13,18H,4-11H2,1-3H3. The molecule has 2 aliphatic rings. The average Bonchev–Trinajstić information content (AvgIpc) is 2.94. The van der Waals surface area contributed by atoms with Crippen molar-refractivity contribution in [1.82, 2.24) is 10.3 Å². The van der Waals surface area contributed by atoms with Crippen LogP contribution in [0.3, 0.4) is 0 Å². The molecule has 2 nitrogen and oxygen atoms in total. The number of hydrogen-bond donors (Lipinski definition) is 1. The summed E-state index contributed by atoms with van der Waals surface area (Å²) in [6.45, 7) is 7.88. The normalized spacial score (nSPS) is 20.3. The minimum Gasteiger partial charge on any atom is -0.309 e. The molecular weight excluding hydrogens is 296 g/mol. The molecule has 118 valence electrons. The van der Waals surface area contributed by atoms with Crippen LogP contribution in [0.5, 0.6) is 0 Å². The summed E-state index contributed by atoms with van der Waals surface area (Å²) < 4.78 is 0. The van der Waals surface area contributed by atoms with E-state index >= 15 is 0 Å². The van der Waals surface area contributed by atoms with Gasteiger partial charge in [0, 0.05) is 33.9 Å². The summed E-state index contributed by atoms with van der Waals surface area (Å²) in [5.41, 5.74) is 1.48. The van der Waals surface area contributed by atoms with Crippen LogP contribution in [0.15, 0.2) is 0 Å². The largest absolute Gasteiger partial charge is 0.309 e. The van der Waals surface area contributed by atoms with E-state index in [1.54, 1.807) is 0 Å². The minimum absolute atomic E-state index is 0.160. The highest BCUT2D eigenvalue weighted by atomic mass is 32.2. The summed E-state index contributed by atoms with van der Waals surface area (Å²) in [6.07, 6.45) is 8.40. The molecule has 2 fully saturated rings. The molecule has 0 amide bonds. The van der Waals surface area contributed by atoms with E-state index in [0.29, 0.717) is 0 Å². The summed E-state index contributed by atoms with van der Waals surface area (Å²) in [5.74, 6) is 1.11. The van der Waals surface area contributed by atoms with E-state index in [9.17, 15) is 0 Å². The van der Waals surface area contributed by atoms with E-state index in [1.165, 1.54) is 54.1 Å². The summed E-state index contributed by atoms with van der Waals surface area (Å²) in [5, 5.41) is 5.89. The summed E-state index contributed by atoms with van der Waals surface area (Å²) in [6, 6.07) is 0.774. The third kappa shape index (κ3) is 4.46. The predicted octanol–water partition coefficient (Wildman–Crippen LogP) is 4.87. The summed E-state index contributed by atoms with van der Waals surface area (Å²) >= 11 is 4.08. The van der Waals surface area contributed by atoms with Crippen LogP contribution in [0.25, 0.3) is 0 Å². The third-order valence-electron chi connectivity index (χ3n) is 4.33. The van der Waals surface area contributed by atoms with Crippen LogP contribution < -0.4 is 5.32 Å². The molecule has 0 spiro atoms. The molecule has 0 saturated heterocycles. The highest BCUT2D eigenvalue weighted by molar-refractivity contribution is 7.99. The highest BCUT2D eigenvalue weighted by Crippen LogP contribution is 2.35. The van der Waals surface area contributed by atoms with Crippen molar-refractivity contribution in [2.24, 2.45) is 0 Å². The molecule has 0 aliphatic heterocycles. The van der Waals surface area contributed by atoms with Crippen molar-refractivity contribution in [3.8, 4) is 0 Å². The molecule has 4 heteroatoms. The van der Waals surface area contributed by atoms with Crippen molar-refractivity contribution >= 4 is 23.1 Å². The lowest BCUT2D eigenvalue weighted by Gasteiger charge is -2.17. The summed E-state index contributed by atoms with van der Waals surface area (Å²) in [4.78, 5) is 6.47. The molecule has 1 heterocycles. The topological polar surface area (TPSA) is 24.9 Å². The van der Waals surface area contributed by atoms with E-state index in [1.807, 2.05) is 11.3 Å². The molecule has 0 atom stereocenters. The Balaban J connectivity index is 1.64. The van der Waals surface area contributed by atoms with Gasteiger partial charge in [-0.2, -0.15) is 11.8 Å². The molecule has 2 aliphatic carbocycles.